The van der Waals surface area contributed by atoms with E-state index in [9.17, 15) is 4.39 Å². The second-order valence-corrected chi connectivity index (χ2v) is 5.73. The predicted molar refractivity (Wildman–Crippen MR) is 76.3 cm³/mol. The molecule has 0 radical (unpaired) electrons. The van der Waals surface area contributed by atoms with Gasteiger partial charge in [0.1, 0.15) is 5.82 Å². The lowest BCUT2D eigenvalue weighted by molar-refractivity contribution is 0.555. The highest BCUT2D eigenvalue weighted by Crippen LogP contribution is 2.26. The average Bonchev–Trinajstić information content (AvgIpc) is 2.85. The lowest BCUT2D eigenvalue weighted by atomic mass is 10.0. The number of thiazole rings is 1. The van der Waals surface area contributed by atoms with Crippen LogP contribution >= 0.6 is 27.3 Å². The van der Waals surface area contributed by atoms with Crippen molar-refractivity contribution >= 4 is 27.3 Å². The molecule has 0 fully saturated rings. The molecule has 1 aromatic heterocycles. The lowest BCUT2D eigenvalue weighted by Gasteiger charge is -2.17. The maximum atomic E-state index is 13.1. The molecule has 0 aliphatic carbocycles. The number of hydrogen-bond donors (Lipinski definition) is 1. The summed E-state index contributed by atoms with van der Waals surface area (Å²) in [6.07, 6.45) is 2.70. The van der Waals surface area contributed by atoms with Crippen LogP contribution in [0.5, 0.6) is 0 Å². The fourth-order valence-corrected chi connectivity index (χ4v) is 3.03. The van der Waals surface area contributed by atoms with Crippen molar-refractivity contribution in [1.82, 2.24) is 10.3 Å². The van der Waals surface area contributed by atoms with Gasteiger partial charge in [0.25, 0.3) is 0 Å². The number of nitrogens with one attached hydrogen (secondary N) is 1. The van der Waals surface area contributed by atoms with E-state index in [0.29, 0.717) is 0 Å². The van der Waals surface area contributed by atoms with E-state index in [1.807, 2.05) is 17.8 Å². The molecule has 18 heavy (non-hydrogen) atoms. The summed E-state index contributed by atoms with van der Waals surface area (Å²) in [5, 5.41) is 3.43. The van der Waals surface area contributed by atoms with Crippen LogP contribution in [0.3, 0.4) is 0 Å². The van der Waals surface area contributed by atoms with Crippen molar-refractivity contribution in [2.24, 2.45) is 0 Å². The van der Waals surface area contributed by atoms with Crippen LogP contribution in [0, 0.1) is 5.82 Å². The summed E-state index contributed by atoms with van der Waals surface area (Å²) in [6.45, 7) is 2.97. The third-order valence-corrected chi connectivity index (χ3v) is 4.31. The molecule has 0 spiro atoms. The van der Waals surface area contributed by atoms with Gasteiger partial charge in [-0.1, -0.05) is 28.9 Å². The minimum Gasteiger partial charge on any atom is -0.309 e. The van der Waals surface area contributed by atoms with E-state index in [-0.39, 0.29) is 11.9 Å². The van der Waals surface area contributed by atoms with Crippen LogP contribution in [0.4, 0.5) is 4.39 Å². The molecular weight excluding hydrogens is 315 g/mol. The number of benzene rings is 1. The second-order valence-electron chi connectivity index (χ2n) is 3.95. The van der Waals surface area contributed by atoms with Crippen molar-refractivity contribution in [3.8, 4) is 0 Å². The van der Waals surface area contributed by atoms with Crippen LogP contribution in [0.15, 0.2) is 34.4 Å². The topological polar surface area (TPSA) is 24.9 Å². The number of halogens is 2. The summed E-state index contributed by atoms with van der Waals surface area (Å²) in [7, 11) is 0. The van der Waals surface area contributed by atoms with E-state index in [1.165, 1.54) is 17.0 Å². The molecule has 2 rings (SSSR count). The minimum absolute atomic E-state index is 0.219. The van der Waals surface area contributed by atoms with Crippen molar-refractivity contribution in [2.45, 2.75) is 19.4 Å². The molecule has 1 N–H and O–H groups in total. The molecular formula is C13H14BrFN2S. The Labute approximate surface area is 118 Å². The lowest BCUT2D eigenvalue weighted by Crippen LogP contribution is -2.22. The molecule has 5 heteroatoms. The third kappa shape index (κ3) is 3.37. The van der Waals surface area contributed by atoms with Crippen LogP contribution in [-0.4, -0.2) is 11.5 Å². The van der Waals surface area contributed by atoms with E-state index in [2.05, 4.69) is 33.2 Å². The Hall–Kier alpha value is -0.780. The van der Waals surface area contributed by atoms with E-state index < -0.39 is 0 Å². The summed E-state index contributed by atoms with van der Waals surface area (Å²) in [4.78, 5) is 5.31. The van der Waals surface area contributed by atoms with Gasteiger partial charge >= 0.3 is 0 Å². The first kappa shape index (κ1) is 13.6. The van der Waals surface area contributed by atoms with Gasteiger partial charge in [0.05, 0.1) is 5.51 Å². The van der Waals surface area contributed by atoms with Crippen molar-refractivity contribution < 1.29 is 4.39 Å². The van der Waals surface area contributed by atoms with Crippen LogP contribution < -0.4 is 5.32 Å². The zero-order valence-electron chi connectivity index (χ0n) is 9.99. The molecule has 0 aliphatic heterocycles. The van der Waals surface area contributed by atoms with Crippen molar-refractivity contribution in [3.63, 3.8) is 0 Å². The summed E-state index contributed by atoms with van der Waals surface area (Å²) in [6, 6.07) is 5.05. The SMILES string of the molecule is CCNC(Cc1ccc(F)cc1Br)c1cncs1. The highest BCUT2D eigenvalue weighted by Gasteiger charge is 2.14. The Kier molecular flexibility index (Phi) is 4.86. The van der Waals surface area contributed by atoms with E-state index in [1.54, 1.807) is 11.3 Å². The molecule has 2 nitrogen and oxygen atoms in total. The summed E-state index contributed by atoms with van der Waals surface area (Å²) in [5.41, 5.74) is 2.93. The van der Waals surface area contributed by atoms with Gasteiger partial charge in [0.2, 0.25) is 0 Å². The second kappa shape index (κ2) is 6.41. The molecule has 1 aromatic carbocycles. The largest absolute Gasteiger partial charge is 0.309 e. The normalized spacial score (nSPS) is 12.6. The molecule has 0 saturated heterocycles. The molecule has 0 amide bonds. The number of likely N-dealkylation sites (N-methyl/N-ethyl adjacent to an activating group) is 1. The molecule has 2 aromatic rings. The number of hydrogen-bond acceptors (Lipinski definition) is 3. The Morgan fingerprint density at radius 2 is 2.33 bits per heavy atom. The Bertz CT molecular complexity index is 502. The fraction of sp³-hybridized carbons (Fsp3) is 0.308. The van der Waals surface area contributed by atoms with Gasteiger partial charge in [-0.15, -0.1) is 11.3 Å². The van der Waals surface area contributed by atoms with Gasteiger partial charge in [-0.05, 0) is 30.7 Å². The monoisotopic (exact) mass is 328 g/mol. The van der Waals surface area contributed by atoms with Gasteiger partial charge in [-0.25, -0.2) is 4.39 Å². The molecule has 0 bridgehead atoms. The summed E-state index contributed by atoms with van der Waals surface area (Å²) < 4.78 is 13.9. The number of aromatic nitrogens is 1. The van der Waals surface area contributed by atoms with Crippen molar-refractivity contribution in [1.29, 1.82) is 0 Å². The molecule has 0 aliphatic rings. The predicted octanol–water partition coefficient (Wildman–Crippen LogP) is 3.94. The molecule has 1 atom stereocenters. The molecule has 1 heterocycles. The molecule has 1 unspecified atom stereocenters. The van der Waals surface area contributed by atoms with Crippen molar-refractivity contribution in [2.75, 3.05) is 6.54 Å². The minimum atomic E-state index is -0.219. The zero-order chi connectivity index (χ0) is 13.0. The van der Waals surface area contributed by atoms with Gasteiger partial charge in [0, 0.05) is 21.6 Å². The Morgan fingerprint density at radius 1 is 1.50 bits per heavy atom. The Balaban J connectivity index is 2.18. The van der Waals surface area contributed by atoms with Gasteiger partial charge in [0.15, 0.2) is 0 Å². The average molecular weight is 329 g/mol. The maximum absolute atomic E-state index is 13.1. The number of rotatable bonds is 5. The molecule has 96 valence electrons. The standard InChI is InChI=1S/C13H14BrFN2S/c1-2-17-12(13-7-16-8-18-13)5-9-3-4-10(15)6-11(9)14/h3-4,6-8,12,17H,2,5H2,1H3. The zero-order valence-corrected chi connectivity index (χ0v) is 12.4. The smallest absolute Gasteiger partial charge is 0.124 e. The van der Waals surface area contributed by atoms with Crippen LogP contribution in [0.25, 0.3) is 0 Å². The van der Waals surface area contributed by atoms with Gasteiger partial charge < -0.3 is 5.32 Å². The maximum Gasteiger partial charge on any atom is 0.124 e. The summed E-state index contributed by atoms with van der Waals surface area (Å²) in [5.74, 6) is -0.219. The van der Waals surface area contributed by atoms with Crippen molar-refractivity contribution in [3.05, 3.63) is 50.6 Å². The highest BCUT2D eigenvalue weighted by atomic mass is 79.9. The van der Waals surface area contributed by atoms with Crippen LogP contribution in [0.2, 0.25) is 0 Å². The highest BCUT2D eigenvalue weighted by molar-refractivity contribution is 9.10. The van der Waals surface area contributed by atoms with Gasteiger partial charge in [-0.3, -0.25) is 4.98 Å². The quantitative estimate of drug-likeness (QED) is 0.899. The molecule has 0 saturated carbocycles. The van der Waals surface area contributed by atoms with Crippen LogP contribution in [0.1, 0.15) is 23.4 Å². The van der Waals surface area contributed by atoms with E-state index in [4.69, 9.17) is 0 Å². The van der Waals surface area contributed by atoms with Crippen LogP contribution in [-0.2, 0) is 6.42 Å². The van der Waals surface area contributed by atoms with E-state index in [0.717, 1.165) is 23.0 Å². The van der Waals surface area contributed by atoms with E-state index >= 15 is 0 Å². The third-order valence-electron chi connectivity index (χ3n) is 2.68. The number of nitrogens with zero attached hydrogens (tertiary/aromatic N) is 1. The first-order valence-electron chi connectivity index (χ1n) is 5.76. The fourth-order valence-electron chi connectivity index (χ4n) is 1.82. The first-order valence-corrected chi connectivity index (χ1v) is 7.43. The first-order chi connectivity index (χ1) is 8.70. The Morgan fingerprint density at radius 3 is 2.94 bits per heavy atom. The van der Waals surface area contributed by atoms with Gasteiger partial charge in [-0.2, -0.15) is 0 Å². The summed E-state index contributed by atoms with van der Waals surface area (Å²) >= 11 is 5.05.